The van der Waals surface area contributed by atoms with E-state index in [1.165, 1.54) is 38.4 Å². The van der Waals surface area contributed by atoms with E-state index in [0.29, 0.717) is 24.3 Å². The highest BCUT2D eigenvalue weighted by molar-refractivity contribution is 5.74. The summed E-state index contributed by atoms with van der Waals surface area (Å²) < 4.78 is 5.23. The number of ether oxygens (including phenoxy) is 1. The minimum atomic E-state index is -0.387. The van der Waals surface area contributed by atoms with Crippen LogP contribution >= 0.6 is 0 Å². The highest BCUT2D eigenvalue weighted by Gasteiger charge is 2.54. The second-order valence-electron chi connectivity index (χ2n) is 8.95. The predicted octanol–water partition coefficient (Wildman–Crippen LogP) is 1.95. The fraction of sp³-hybridized carbons (Fsp3) is 0.857. The van der Waals surface area contributed by atoms with Gasteiger partial charge in [0.1, 0.15) is 0 Å². The van der Waals surface area contributed by atoms with Gasteiger partial charge >= 0.3 is 5.97 Å². The van der Waals surface area contributed by atoms with E-state index in [1.807, 2.05) is 6.92 Å². The number of likely N-dealkylation sites (tertiary alicyclic amines) is 1. The van der Waals surface area contributed by atoms with Crippen LogP contribution in [-0.4, -0.2) is 60.9 Å². The Morgan fingerprint density at radius 3 is 2.77 bits per heavy atom. The minimum Gasteiger partial charge on any atom is -0.469 e. The number of aliphatic hydroxyl groups excluding tert-OH is 1. The van der Waals surface area contributed by atoms with E-state index in [9.17, 15) is 9.90 Å². The summed E-state index contributed by atoms with van der Waals surface area (Å²) in [5.74, 6) is 0.928. The molecule has 4 aliphatic rings. The zero-order valence-electron chi connectivity index (χ0n) is 16.4. The SMILES string of the molecule is C/C=C1\CN(C)[C@H]2C[C@@H]3[C@@H]4CCCC[C@H]4N[C@@H]3[C@@H](O)C[C@@H]1[C@H]2C(=O)OC. The first kappa shape index (κ1) is 18.5. The molecule has 0 aromatic carbocycles. The number of esters is 1. The highest BCUT2D eigenvalue weighted by Crippen LogP contribution is 2.48. The molecule has 8 atom stereocenters. The molecule has 0 spiro atoms. The second kappa shape index (κ2) is 7.25. The van der Waals surface area contributed by atoms with Gasteiger partial charge in [-0.2, -0.15) is 0 Å². The molecule has 0 aromatic heterocycles. The molecule has 2 aliphatic carbocycles. The lowest BCUT2D eigenvalue weighted by Gasteiger charge is -2.49. The fourth-order valence-corrected chi connectivity index (χ4v) is 6.60. The summed E-state index contributed by atoms with van der Waals surface area (Å²) >= 11 is 0. The summed E-state index contributed by atoms with van der Waals surface area (Å²) in [7, 11) is 3.65. The number of nitrogens with zero attached hydrogens (tertiary/aromatic N) is 1. The molecule has 4 rings (SSSR count). The number of likely N-dealkylation sites (N-methyl/N-ethyl adjacent to an activating group) is 1. The number of aliphatic hydroxyl groups is 1. The van der Waals surface area contributed by atoms with Crippen LogP contribution in [0.2, 0.25) is 0 Å². The van der Waals surface area contributed by atoms with Gasteiger partial charge in [0.05, 0.1) is 19.1 Å². The maximum Gasteiger partial charge on any atom is 0.310 e. The number of nitrogens with one attached hydrogen (secondary N) is 1. The fourth-order valence-electron chi connectivity index (χ4n) is 6.60. The van der Waals surface area contributed by atoms with Crippen LogP contribution in [0.1, 0.15) is 45.4 Å². The first-order valence-electron chi connectivity index (χ1n) is 10.4. The average molecular weight is 363 g/mol. The number of piperidine rings is 1. The lowest BCUT2D eigenvalue weighted by Crippen LogP contribution is -2.57. The summed E-state index contributed by atoms with van der Waals surface area (Å²) in [6.07, 6.45) is 8.49. The van der Waals surface area contributed by atoms with E-state index >= 15 is 0 Å². The van der Waals surface area contributed by atoms with Gasteiger partial charge in [0, 0.05) is 24.7 Å². The van der Waals surface area contributed by atoms with Crippen molar-refractivity contribution >= 4 is 5.97 Å². The van der Waals surface area contributed by atoms with Gasteiger partial charge in [-0.05, 0) is 57.4 Å². The normalized spacial score (nSPS) is 47.6. The molecule has 5 nitrogen and oxygen atoms in total. The third-order valence-corrected chi connectivity index (χ3v) is 7.83. The lowest BCUT2D eigenvalue weighted by molar-refractivity contribution is -0.153. The number of carbonyl (C=O) groups is 1. The minimum absolute atomic E-state index is 0.0917. The molecule has 0 radical (unpaired) electrons. The molecule has 0 unspecified atom stereocenters. The van der Waals surface area contributed by atoms with E-state index in [4.69, 9.17) is 4.74 Å². The standard InChI is InChI=1S/C21H34N2O3/c1-4-12-11-23(2)17-9-15-13-7-5-6-8-16(13)22-20(15)18(24)10-14(12)19(17)21(25)26-3/h4,13-20,22,24H,5-11H2,1-3H3/b12-4+/t13-,14-,15+,16+,17-,18-,19+,20-/m0/s1. The molecule has 2 aliphatic heterocycles. The summed E-state index contributed by atoms with van der Waals surface area (Å²) in [6.45, 7) is 2.94. The number of hydrogen-bond acceptors (Lipinski definition) is 5. The first-order chi connectivity index (χ1) is 12.5. The van der Waals surface area contributed by atoms with Crippen LogP contribution in [0.5, 0.6) is 0 Å². The number of hydrogen-bond donors (Lipinski definition) is 2. The van der Waals surface area contributed by atoms with E-state index in [-0.39, 0.29) is 36.0 Å². The van der Waals surface area contributed by atoms with Crippen molar-refractivity contribution in [2.24, 2.45) is 23.7 Å². The molecular weight excluding hydrogens is 328 g/mol. The topological polar surface area (TPSA) is 61.8 Å². The van der Waals surface area contributed by atoms with Crippen LogP contribution in [-0.2, 0) is 9.53 Å². The zero-order chi connectivity index (χ0) is 18.4. The molecule has 2 bridgehead atoms. The lowest BCUT2D eigenvalue weighted by atomic mass is 9.65. The van der Waals surface area contributed by atoms with Gasteiger partial charge in [0.25, 0.3) is 0 Å². The molecule has 146 valence electrons. The third-order valence-electron chi connectivity index (χ3n) is 7.83. The molecule has 2 saturated carbocycles. The third kappa shape index (κ3) is 2.92. The van der Waals surface area contributed by atoms with Crippen molar-refractivity contribution < 1.29 is 14.6 Å². The van der Waals surface area contributed by atoms with Crippen molar-refractivity contribution in [1.82, 2.24) is 10.2 Å². The van der Waals surface area contributed by atoms with Crippen LogP contribution < -0.4 is 5.32 Å². The van der Waals surface area contributed by atoms with E-state index in [1.54, 1.807) is 0 Å². The van der Waals surface area contributed by atoms with Crippen LogP contribution in [0.4, 0.5) is 0 Å². The summed E-state index contributed by atoms with van der Waals surface area (Å²) in [5.41, 5.74) is 1.27. The van der Waals surface area contributed by atoms with Crippen molar-refractivity contribution in [1.29, 1.82) is 0 Å². The van der Waals surface area contributed by atoms with Crippen LogP contribution in [0, 0.1) is 23.7 Å². The van der Waals surface area contributed by atoms with Gasteiger partial charge in [0.2, 0.25) is 0 Å². The Morgan fingerprint density at radius 1 is 1.27 bits per heavy atom. The number of rotatable bonds is 1. The Morgan fingerprint density at radius 2 is 2.04 bits per heavy atom. The van der Waals surface area contributed by atoms with Gasteiger partial charge < -0.3 is 15.2 Å². The molecule has 0 amide bonds. The Labute approximate surface area is 157 Å². The molecule has 2 saturated heterocycles. The summed E-state index contributed by atoms with van der Waals surface area (Å²) in [6, 6.07) is 0.935. The number of methoxy groups -OCH3 is 1. The Hall–Kier alpha value is -0.910. The highest BCUT2D eigenvalue weighted by atomic mass is 16.5. The van der Waals surface area contributed by atoms with Crippen LogP contribution in [0.15, 0.2) is 11.6 Å². The van der Waals surface area contributed by atoms with E-state index < -0.39 is 0 Å². The van der Waals surface area contributed by atoms with Gasteiger partial charge in [-0.1, -0.05) is 24.5 Å². The maximum atomic E-state index is 12.8. The smallest absolute Gasteiger partial charge is 0.310 e. The molecule has 26 heavy (non-hydrogen) atoms. The van der Waals surface area contributed by atoms with Crippen molar-refractivity contribution in [3.05, 3.63) is 11.6 Å². The molecule has 0 aromatic rings. The summed E-state index contributed by atoms with van der Waals surface area (Å²) in [5, 5.41) is 14.9. The van der Waals surface area contributed by atoms with E-state index in [2.05, 4.69) is 23.3 Å². The summed E-state index contributed by atoms with van der Waals surface area (Å²) in [4.78, 5) is 15.1. The van der Waals surface area contributed by atoms with Gasteiger partial charge in [-0.3, -0.25) is 9.69 Å². The predicted molar refractivity (Wildman–Crippen MR) is 101 cm³/mol. The van der Waals surface area contributed by atoms with Crippen molar-refractivity contribution in [2.45, 2.75) is 69.7 Å². The molecular formula is C21H34N2O3. The second-order valence-corrected chi connectivity index (χ2v) is 8.95. The number of carbonyl (C=O) groups excluding carboxylic acids is 1. The van der Waals surface area contributed by atoms with Gasteiger partial charge in [-0.25, -0.2) is 0 Å². The quantitative estimate of drug-likeness (QED) is 0.551. The number of allylic oxidation sites excluding steroid dienone is 1. The van der Waals surface area contributed by atoms with Crippen molar-refractivity contribution in [3.63, 3.8) is 0 Å². The van der Waals surface area contributed by atoms with Crippen LogP contribution in [0.25, 0.3) is 0 Å². The van der Waals surface area contributed by atoms with Gasteiger partial charge in [0.15, 0.2) is 0 Å². The molecule has 4 fully saturated rings. The van der Waals surface area contributed by atoms with Gasteiger partial charge in [-0.15, -0.1) is 0 Å². The Balaban J connectivity index is 1.70. The number of fused-ring (bicyclic) bond motifs is 5. The molecule has 5 heteroatoms. The Bertz CT molecular complexity index is 578. The Kier molecular flexibility index (Phi) is 5.15. The average Bonchev–Trinajstić information content (AvgIpc) is 3.01. The molecule has 2 heterocycles. The van der Waals surface area contributed by atoms with Crippen molar-refractivity contribution in [3.8, 4) is 0 Å². The largest absolute Gasteiger partial charge is 0.469 e. The molecule has 2 N–H and O–H groups in total. The van der Waals surface area contributed by atoms with Crippen LogP contribution in [0.3, 0.4) is 0 Å². The first-order valence-corrected chi connectivity index (χ1v) is 10.4. The maximum absolute atomic E-state index is 12.8. The zero-order valence-corrected chi connectivity index (χ0v) is 16.4. The van der Waals surface area contributed by atoms with E-state index in [0.717, 1.165) is 13.0 Å². The monoisotopic (exact) mass is 362 g/mol. The van der Waals surface area contributed by atoms with Crippen molar-refractivity contribution in [2.75, 3.05) is 20.7 Å².